The van der Waals surface area contributed by atoms with Gasteiger partial charge in [-0.1, -0.05) is 26.0 Å². The van der Waals surface area contributed by atoms with Crippen molar-refractivity contribution in [1.29, 1.82) is 0 Å². The van der Waals surface area contributed by atoms with E-state index in [9.17, 15) is 4.79 Å². The van der Waals surface area contributed by atoms with Crippen molar-refractivity contribution in [3.63, 3.8) is 0 Å². The van der Waals surface area contributed by atoms with Gasteiger partial charge in [-0.3, -0.25) is 4.79 Å². The van der Waals surface area contributed by atoms with Gasteiger partial charge < -0.3 is 15.0 Å². The molecule has 1 saturated heterocycles. The van der Waals surface area contributed by atoms with E-state index in [1.165, 1.54) is 5.56 Å². The molecule has 23 heavy (non-hydrogen) atoms. The Morgan fingerprint density at radius 2 is 2.09 bits per heavy atom. The fraction of sp³-hybridized carbons (Fsp3) is 0.611. The van der Waals surface area contributed by atoms with Crippen LogP contribution in [-0.2, 0) is 4.79 Å². The van der Waals surface area contributed by atoms with Crippen molar-refractivity contribution in [3.05, 3.63) is 29.8 Å². The highest BCUT2D eigenvalue weighted by Gasteiger charge is 2.26. The van der Waals surface area contributed by atoms with E-state index in [1.54, 1.807) is 7.11 Å². The quantitative estimate of drug-likeness (QED) is 0.828. The summed E-state index contributed by atoms with van der Waals surface area (Å²) < 4.78 is 5.19. The van der Waals surface area contributed by atoms with E-state index in [1.807, 2.05) is 12.1 Å². The summed E-state index contributed by atoms with van der Waals surface area (Å²) in [6, 6.07) is 8.40. The second-order valence-corrected chi connectivity index (χ2v) is 6.11. The van der Waals surface area contributed by atoms with Crippen molar-refractivity contribution >= 4 is 18.3 Å². The second-order valence-electron chi connectivity index (χ2n) is 6.11. The van der Waals surface area contributed by atoms with Crippen molar-refractivity contribution in [2.75, 3.05) is 26.7 Å². The molecular weight excluding hydrogens is 312 g/mol. The lowest BCUT2D eigenvalue weighted by Gasteiger charge is -2.29. The van der Waals surface area contributed by atoms with Gasteiger partial charge in [0.1, 0.15) is 5.75 Å². The van der Waals surface area contributed by atoms with Crippen LogP contribution < -0.4 is 10.1 Å². The third-order valence-corrected chi connectivity index (χ3v) is 4.43. The molecule has 2 atom stereocenters. The van der Waals surface area contributed by atoms with Gasteiger partial charge in [0.2, 0.25) is 5.91 Å². The summed E-state index contributed by atoms with van der Waals surface area (Å²) in [7, 11) is 1.67. The van der Waals surface area contributed by atoms with Crippen LogP contribution in [0.15, 0.2) is 24.3 Å². The first-order valence-electron chi connectivity index (χ1n) is 8.29. The lowest BCUT2D eigenvalue weighted by atomic mass is 9.96. The Bertz CT molecular complexity index is 472. The molecule has 1 N–H and O–H groups in total. The van der Waals surface area contributed by atoms with Gasteiger partial charge in [0, 0.05) is 25.6 Å². The molecular formula is C18H29ClN2O2. The van der Waals surface area contributed by atoms with Crippen LogP contribution >= 0.6 is 12.4 Å². The minimum Gasteiger partial charge on any atom is -0.497 e. The van der Waals surface area contributed by atoms with Crippen LogP contribution in [-0.4, -0.2) is 43.6 Å². The van der Waals surface area contributed by atoms with Gasteiger partial charge in [0.15, 0.2) is 0 Å². The van der Waals surface area contributed by atoms with E-state index in [0.29, 0.717) is 12.5 Å². The Hall–Kier alpha value is -1.26. The number of amides is 1. The third kappa shape index (κ3) is 5.40. The first kappa shape index (κ1) is 19.8. The Labute approximate surface area is 146 Å². The van der Waals surface area contributed by atoms with Gasteiger partial charge in [0.25, 0.3) is 0 Å². The number of carbonyl (C=O) groups is 1. The maximum absolute atomic E-state index is 12.7. The fourth-order valence-electron chi connectivity index (χ4n) is 3.09. The molecule has 0 aromatic heterocycles. The van der Waals surface area contributed by atoms with Crippen molar-refractivity contribution in [3.8, 4) is 5.75 Å². The van der Waals surface area contributed by atoms with Gasteiger partial charge in [-0.25, -0.2) is 0 Å². The number of carbonyl (C=O) groups excluding carboxylic acids is 1. The monoisotopic (exact) mass is 340 g/mol. The average molecular weight is 341 g/mol. The molecule has 0 bridgehead atoms. The lowest BCUT2D eigenvalue weighted by Crippen LogP contribution is -2.42. The molecule has 130 valence electrons. The van der Waals surface area contributed by atoms with Crippen LogP contribution in [0.1, 0.15) is 44.6 Å². The summed E-state index contributed by atoms with van der Waals surface area (Å²) in [5.41, 5.74) is 1.19. The minimum absolute atomic E-state index is 0. The number of hydrogen-bond acceptors (Lipinski definition) is 3. The zero-order valence-electron chi connectivity index (χ0n) is 14.4. The van der Waals surface area contributed by atoms with Gasteiger partial charge >= 0.3 is 0 Å². The van der Waals surface area contributed by atoms with Crippen molar-refractivity contribution in [1.82, 2.24) is 10.2 Å². The molecule has 2 rings (SSSR count). The van der Waals surface area contributed by atoms with Crippen LogP contribution in [0.25, 0.3) is 0 Å². The lowest BCUT2D eigenvalue weighted by molar-refractivity contribution is -0.133. The molecule has 1 aromatic carbocycles. The highest BCUT2D eigenvalue weighted by atomic mass is 35.5. The minimum atomic E-state index is 0. The van der Waals surface area contributed by atoms with Gasteiger partial charge in [0.05, 0.1) is 7.11 Å². The Balaban J connectivity index is 0.00000264. The summed E-state index contributed by atoms with van der Waals surface area (Å²) in [5.74, 6) is 1.36. The Kier molecular flexibility index (Phi) is 8.42. The first-order chi connectivity index (χ1) is 10.7. The smallest absolute Gasteiger partial charge is 0.223 e. The molecule has 1 aliphatic rings. The molecule has 1 aromatic rings. The Morgan fingerprint density at radius 3 is 2.61 bits per heavy atom. The van der Waals surface area contributed by atoms with Gasteiger partial charge in [-0.2, -0.15) is 0 Å². The zero-order chi connectivity index (χ0) is 15.9. The zero-order valence-corrected chi connectivity index (χ0v) is 15.2. The van der Waals surface area contributed by atoms with E-state index in [0.717, 1.165) is 38.2 Å². The van der Waals surface area contributed by atoms with Gasteiger partial charge in [-0.15, -0.1) is 12.4 Å². The van der Waals surface area contributed by atoms with E-state index >= 15 is 0 Å². The van der Waals surface area contributed by atoms with E-state index in [4.69, 9.17) is 4.74 Å². The topological polar surface area (TPSA) is 41.6 Å². The summed E-state index contributed by atoms with van der Waals surface area (Å²) in [4.78, 5) is 14.8. The number of rotatable bonds is 7. The fourth-order valence-corrected chi connectivity index (χ4v) is 3.09. The molecule has 1 heterocycles. The normalized spacial score (nSPS) is 18.1. The van der Waals surface area contributed by atoms with Crippen molar-refractivity contribution in [2.24, 2.45) is 0 Å². The van der Waals surface area contributed by atoms with Crippen LogP contribution in [0.2, 0.25) is 0 Å². The van der Waals surface area contributed by atoms with Crippen molar-refractivity contribution < 1.29 is 9.53 Å². The number of nitrogens with zero attached hydrogens (tertiary/aromatic N) is 1. The van der Waals surface area contributed by atoms with Crippen LogP contribution in [0.5, 0.6) is 5.75 Å². The number of hydrogen-bond donors (Lipinski definition) is 1. The molecule has 1 fully saturated rings. The molecule has 0 aliphatic carbocycles. The SMILES string of the molecule is CCCN(C(=O)CC(C)c1ccc(OC)cc1)C1CCNC1.Cl. The predicted molar refractivity (Wildman–Crippen MR) is 96.6 cm³/mol. The van der Waals surface area contributed by atoms with Gasteiger partial charge in [-0.05, 0) is 43.0 Å². The van der Waals surface area contributed by atoms with E-state index in [-0.39, 0.29) is 24.2 Å². The molecule has 1 amide bonds. The maximum Gasteiger partial charge on any atom is 0.223 e. The third-order valence-electron chi connectivity index (χ3n) is 4.43. The number of halogens is 1. The first-order valence-corrected chi connectivity index (χ1v) is 8.29. The number of nitrogens with one attached hydrogen (secondary N) is 1. The van der Waals surface area contributed by atoms with Crippen molar-refractivity contribution in [2.45, 2.75) is 45.1 Å². The van der Waals surface area contributed by atoms with Crippen LogP contribution in [0.4, 0.5) is 0 Å². The molecule has 5 heteroatoms. The molecule has 0 saturated carbocycles. The highest BCUT2D eigenvalue weighted by molar-refractivity contribution is 5.85. The second kappa shape index (κ2) is 9.78. The number of ether oxygens (including phenoxy) is 1. The average Bonchev–Trinajstić information content (AvgIpc) is 3.06. The summed E-state index contributed by atoms with van der Waals surface area (Å²) in [6.45, 7) is 7.07. The summed E-state index contributed by atoms with van der Waals surface area (Å²) in [5, 5.41) is 3.36. The molecule has 0 radical (unpaired) electrons. The summed E-state index contributed by atoms with van der Waals surface area (Å²) in [6.07, 6.45) is 2.66. The van der Waals surface area contributed by atoms with E-state index in [2.05, 4.69) is 36.2 Å². The van der Waals surface area contributed by atoms with E-state index < -0.39 is 0 Å². The van der Waals surface area contributed by atoms with Crippen LogP contribution in [0, 0.1) is 0 Å². The molecule has 2 unspecified atom stereocenters. The van der Waals surface area contributed by atoms with Crippen LogP contribution in [0.3, 0.4) is 0 Å². The molecule has 1 aliphatic heterocycles. The largest absolute Gasteiger partial charge is 0.497 e. The Morgan fingerprint density at radius 1 is 1.39 bits per heavy atom. The standard InChI is InChI=1S/C18H28N2O2.ClH/c1-4-11-20(16-9-10-19-13-16)18(21)12-14(2)15-5-7-17(22-3)8-6-15;/h5-8,14,16,19H,4,9-13H2,1-3H3;1H. The predicted octanol–water partition coefficient (Wildman–Crippen LogP) is 3.21. The highest BCUT2D eigenvalue weighted by Crippen LogP contribution is 2.23. The molecule has 0 spiro atoms. The number of benzene rings is 1. The molecule has 4 nitrogen and oxygen atoms in total. The number of methoxy groups -OCH3 is 1. The maximum atomic E-state index is 12.7. The summed E-state index contributed by atoms with van der Waals surface area (Å²) >= 11 is 0.